The molecule has 2 aromatic rings. The van der Waals surface area contributed by atoms with Crippen LogP contribution in [0.1, 0.15) is 18.5 Å². The Morgan fingerprint density at radius 2 is 2.19 bits per heavy atom. The molecule has 0 aliphatic rings. The predicted molar refractivity (Wildman–Crippen MR) is 62.2 cm³/mol. The largest absolute Gasteiger partial charge is 0.472 e. The Bertz CT molecular complexity index is 470. The van der Waals surface area contributed by atoms with Crippen molar-refractivity contribution in [3.8, 4) is 0 Å². The van der Waals surface area contributed by atoms with Crippen LogP contribution in [0.2, 0.25) is 5.02 Å². The number of furan rings is 1. The molecule has 0 saturated heterocycles. The molecule has 0 aliphatic carbocycles. The second-order valence-electron chi connectivity index (χ2n) is 3.55. The molecule has 0 radical (unpaired) electrons. The standard InChI is InChI=1S/C12H11ClFNO/c1-8(9-4-5-16-7-9)15-12-6-10(14)2-3-11(12)13/h2-8,15H,1H3. The van der Waals surface area contributed by atoms with Crippen LogP contribution in [-0.2, 0) is 0 Å². The van der Waals surface area contributed by atoms with E-state index in [4.69, 9.17) is 16.0 Å². The number of rotatable bonds is 3. The molecule has 1 atom stereocenters. The summed E-state index contributed by atoms with van der Waals surface area (Å²) >= 11 is 5.95. The summed E-state index contributed by atoms with van der Waals surface area (Å²) in [6.45, 7) is 1.95. The van der Waals surface area contributed by atoms with E-state index in [1.807, 2.05) is 13.0 Å². The van der Waals surface area contributed by atoms with Gasteiger partial charge in [0.25, 0.3) is 0 Å². The van der Waals surface area contributed by atoms with Gasteiger partial charge >= 0.3 is 0 Å². The molecule has 0 bridgehead atoms. The summed E-state index contributed by atoms with van der Waals surface area (Å²) in [6.07, 6.45) is 3.24. The van der Waals surface area contributed by atoms with Crippen molar-refractivity contribution in [1.82, 2.24) is 0 Å². The minimum atomic E-state index is -0.314. The molecule has 16 heavy (non-hydrogen) atoms. The quantitative estimate of drug-likeness (QED) is 0.867. The molecule has 0 fully saturated rings. The minimum Gasteiger partial charge on any atom is -0.472 e. The third kappa shape index (κ3) is 2.36. The van der Waals surface area contributed by atoms with Gasteiger partial charge in [-0.25, -0.2) is 4.39 Å². The molecule has 1 unspecified atom stereocenters. The maximum Gasteiger partial charge on any atom is 0.125 e. The molecular weight excluding hydrogens is 229 g/mol. The summed E-state index contributed by atoms with van der Waals surface area (Å²) in [7, 11) is 0. The maximum atomic E-state index is 13.0. The van der Waals surface area contributed by atoms with Crippen LogP contribution >= 0.6 is 11.6 Å². The zero-order chi connectivity index (χ0) is 11.5. The summed E-state index contributed by atoms with van der Waals surface area (Å²) in [5.41, 5.74) is 1.57. The summed E-state index contributed by atoms with van der Waals surface area (Å²) in [4.78, 5) is 0. The SMILES string of the molecule is CC(Nc1cc(F)ccc1Cl)c1ccoc1. The molecule has 1 N–H and O–H groups in total. The van der Waals surface area contributed by atoms with Gasteiger partial charge in [0.05, 0.1) is 29.3 Å². The van der Waals surface area contributed by atoms with Crippen LogP contribution in [0, 0.1) is 5.82 Å². The zero-order valence-corrected chi connectivity index (χ0v) is 9.46. The van der Waals surface area contributed by atoms with E-state index in [1.54, 1.807) is 12.5 Å². The lowest BCUT2D eigenvalue weighted by Crippen LogP contribution is -2.06. The van der Waals surface area contributed by atoms with Gasteiger partial charge in [-0.15, -0.1) is 0 Å². The molecule has 0 saturated carbocycles. The van der Waals surface area contributed by atoms with Crippen LogP contribution < -0.4 is 5.32 Å². The van der Waals surface area contributed by atoms with Gasteiger partial charge in [-0.2, -0.15) is 0 Å². The molecule has 1 heterocycles. The van der Waals surface area contributed by atoms with Crippen molar-refractivity contribution in [2.75, 3.05) is 5.32 Å². The highest BCUT2D eigenvalue weighted by Crippen LogP contribution is 2.26. The molecule has 0 amide bonds. The van der Waals surface area contributed by atoms with Crippen LogP contribution in [0.5, 0.6) is 0 Å². The van der Waals surface area contributed by atoms with Crippen LogP contribution in [0.15, 0.2) is 41.2 Å². The van der Waals surface area contributed by atoms with Gasteiger partial charge in [0, 0.05) is 5.56 Å². The van der Waals surface area contributed by atoms with Crippen molar-refractivity contribution in [2.24, 2.45) is 0 Å². The van der Waals surface area contributed by atoms with Crippen molar-refractivity contribution in [3.05, 3.63) is 53.2 Å². The van der Waals surface area contributed by atoms with Gasteiger partial charge in [0.2, 0.25) is 0 Å². The Morgan fingerprint density at radius 3 is 2.88 bits per heavy atom. The van der Waals surface area contributed by atoms with Gasteiger partial charge in [0.15, 0.2) is 0 Å². The predicted octanol–water partition coefficient (Wildman–Crippen LogP) is 4.25. The van der Waals surface area contributed by atoms with E-state index < -0.39 is 0 Å². The van der Waals surface area contributed by atoms with Gasteiger partial charge in [0.1, 0.15) is 5.82 Å². The van der Waals surface area contributed by atoms with E-state index in [-0.39, 0.29) is 11.9 Å². The molecule has 2 nitrogen and oxygen atoms in total. The third-order valence-electron chi connectivity index (χ3n) is 2.34. The molecule has 84 valence electrons. The third-order valence-corrected chi connectivity index (χ3v) is 2.67. The monoisotopic (exact) mass is 239 g/mol. The summed E-state index contributed by atoms with van der Waals surface area (Å²) in [5, 5.41) is 3.62. The van der Waals surface area contributed by atoms with E-state index >= 15 is 0 Å². The first-order valence-electron chi connectivity index (χ1n) is 4.90. The van der Waals surface area contributed by atoms with Crippen molar-refractivity contribution < 1.29 is 8.81 Å². The summed E-state index contributed by atoms with van der Waals surface area (Å²) < 4.78 is 18.0. The Kier molecular flexibility index (Phi) is 3.15. The number of nitrogens with one attached hydrogen (secondary N) is 1. The topological polar surface area (TPSA) is 25.2 Å². The fraction of sp³-hybridized carbons (Fsp3) is 0.167. The minimum absolute atomic E-state index is 0.0121. The van der Waals surface area contributed by atoms with Crippen molar-refractivity contribution in [3.63, 3.8) is 0 Å². The summed E-state index contributed by atoms with van der Waals surface area (Å²) in [6, 6.07) is 6.10. The average Bonchev–Trinajstić information content (AvgIpc) is 2.76. The van der Waals surface area contributed by atoms with Gasteiger partial charge < -0.3 is 9.73 Å². The molecular formula is C12H11ClFNO. The molecule has 0 aliphatic heterocycles. The molecule has 0 spiro atoms. The Morgan fingerprint density at radius 1 is 1.38 bits per heavy atom. The highest BCUT2D eigenvalue weighted by Gasteiger charge is 2.09. The van der Waals surface area contributed by atoms with E-state index in [9.17, 15) is 4.39 Å². The smallest absolute Gasteiger partial charge is 0.125 e. The number of anilines is 1. The lowest BCUT2D eigenvalue weighted by atomic mass is 10.1. The fourth-order valence-electron chi connectivity index (χ4n) is 1.45. The lowest BCUT2D eigenvalue weighted by molar-refractivity contribution is 0.562. The zero-order valence-electron chi connectivity index (χ0n) is 8.71. The van der Waals surface area contributed by atoms with E-state index in [0.717, 1.165) is 5.56 Å². The molecule has 4 heteroatoms. The van der Waals surface area contributed by atoms with Crippen molar-refractivity contribution in [1.29, 1.82) is 0 Å². The summed E-state index contributed by atoms with van der Waals surface area (Å²) in [5.74, 6) is -0.314. The second-order valence-corrected chi connectivity index (χ2v) is 3.95. The molecule has 2 rings (SSSR count). The lowest BCUT2D eigenvalue weighted by Gasteiger charge is -2.14. The van der Waals surface area contributed by atoms with Crippen LogP contribution in [0.4, 0.5) is 10.1 Å². The second kappa shape index (κ2) is 4.58. The van der Waals surface area contributed by atoms with Gasteiger partial charge in [-0.1, -0.05) is 11.6 Å². The average molecular weight is 240 g/mol. The van der Waals surface area contributed by atoms with Gasteiger partial charge in [-0.3, -0.25) is 0 Å². The van der Waals surface area contributed by atoms with E-state index in [0.29, 0.717) is 10.7 Å². The Hall–Kier alpha value is -1.48. The van der Waals surface area contributed by atoms with Gasteiger partial charge in [-0.05, 0) is 31.2 Å². The van der Waals surface area contributed by atoms with E-state index in [2.05, 4.69) is 5.32 Å². The number of benzene rings is 1. The highest BCUT2D eigenvalue weighted by atomic mass is 35.5. The number of halogens is 2. The van der Waals surface area contributed by atoms with Crippen LogP contribution in [0.25, 0.3) is 0 Å². The Labute approximate surface area is 98.0 Å². The maximum absolute atomic E-state index is 13.0. The first-order valence-corrected chi connectivity index (χ1v) is 5.28. The van der Waals surface area contributed by atoms with Crippen molar-refractivity contribution in [2.45, 2.75) is 13.0 Å². The van der Waals surface area contributed by atoms with Crippen LogP contribution in [-0.4, -0.2) is 0 Å². The first-order chi connectivity index (χ1) is 7.66. The highest BCUT2D eigenvalue weighted by molar-refractivity contribution is 6.33. The van der Waals surface area contributed by atoms with Crippen molar-refractivity contribution >= 4 is 17.3 Å². The molecule has 1 aromatic carbocycles. The Balaban J connectivity index is 2.17. The normalized spacial score (nSPS) is 12.4. The fourth-order valence-corrected chi connectivity index (χ4v) is 1.62. The first kappa shape index (κ1) is 11.0. The number of hydrogen-bond acceptors (Lipinski definition) is 2. The number of hydrogen-bond donors (Lipinski definition) is 1. The van der Waals surface area contributed by atoms with E-state index in [1.165, 1.54) is 18.2 Å². The molecule has 1 aromatic heterocycles. The van der Waals surface area contributed by atoms with Crippen LogP contribution in [0.3, 0.4) is 0 Å².